The summed E-state index contributed by atoms with van der Waals surface area (Å²) in [6.45, 7) is 7.62. The van der Waals surface area contributed by atoms with Crippen molar-refractivity contribution in [2.45, 2.75) is 84.7 Å². The summed E-state index contributed by atoms with van der Waals surface area (Å²) in [6, 6.07) is 0. The van der Waals surface area contributed by atoms with E-state index in [1.54, 1.807) is 6.92 Å². The van der Waals surface area contributed by atoms with Gasteiger partial charge in [-0.15, -0.1) is 0 Å². The van der Waals surface area contributed by atoms with E-state index in [-0.39, 0.29) is 22.6 Å². The van der Waals surface area contributed by atoms with E-state index in [0.717, 1.165) is 50.7 Å². The quantitative estimate of drug-likeness (QED) is 0.424. The molecule has 0 saturated heterocycles. The van der Waals surface area contributed by atoms with Crippen LogP contribution in [0.15, 0.2) is 16.8 Å². The molecule has 0 aromatic carbocycles. The Bertz CT molecular complexity index is 771. The topological polar surface area (TPSA) is 76.0 Å². The first-order chi connectivity index (χ1) is 13.2. The van der Waals surface area contributed by atoms with Crippen LogP contribution in [0.3, 0.4) is 0 Å². The molecule has 4 aliphatic rings. The van der Waals surface area contributed by atoms with Gasteiger partial charge in [-0.25, -0.2) is 0 Å². The van der Waals surface area contributed by atoms with Crippen molar-refractivity contribution in [1.82, 2.24) is 0 Å². The second-order valence-electron chi connectivity index (χ2n) is 10.1. The number of allylic oxidation sites excluding steroid dienone is 2. The van der Waals surface area contributed by atoms with Gasteiger partial charge in [0.15, 0.2) is 11.4 Å². The number of ether oxygens (including phenoxy) is 1. The zero-order valence-corrected chi connectivity index (χ0v) is 17.6. The maximum absolute atomic E-state index is 12.8. The minimum atomic E-state index is -0.950. The Morgan fingerprint density at radius 3 is 2.43 bits per heavy atom. The number of Topliss-reactive ketones (excluding diaryl/α,β-unsaturated/α-hetero) is 1. The molecular formula is C23H33NO4. The minimum Gasteiger partial charge on any atom is -0.451 e. The zero-order chi connectivity index (χ0) is 20.3. The molecule has 0 amide bonds. The summed E-state index contributed by atoms with van der Waals surface area (Å²) >= 11 is 0. The summed E-state index contributed by atoms with van der Waals surface area (Å²) in [6.07, 6.45) is 9.74. The molecule has 0 radical (unpaired) electrons. The predicted octanol–water partition coefficient (Wildman–Crippen LogP) is 4.67. The lowest BCUT2D eigenvalue weighted by molar-refractivity contribution is -0.187. The highest BCUT2D eigenvalue weighted by molar-refractivity contribution is 5.96. The van der Waals surface area contributed by atoms with Crippen molar-refractivity contribution in [2.75, 3.05) is 0 Å². The highest BCUT2D eigenvalue weighted by Crippen LogP contribution is 2.68. The molecule has 6 atom stereocenters. The Kier molecular flexibility index (Phi) is 4.51. The molecule has 154 valence electrons. The summed E-state index contributed by atoms with van der Waals surface area (Å²) in [7, 11) is 0. The molecule has 5 nitrogen and oxygen atoms in total. The van der Waals surface area contributed by atoms with Crippen LogP contribution in [0.1, 0.15) is 79.1 Å². The number of fused-ring (bicyclic) bond motifs is 5. The number of hydrogen-bond acceptors (Lipinski definition) is 5. The lowest BCUT2D eigenvalue weighted by Crippen LogP contribution is -2.58. The van der Waals surface area contributed by atoms with Gasteiger partial charge in [-0.3, -0.25) is 9.59 Å². The average Bonchev–Trinajstić information content (AvgIpc) is 2.94. The van der Waals surface area contributed by atoms with Gasteiger partial charge in [0.1, 0.15) is 0 Å². The Labute approximate surface area is 167 Å². The number of rotatable bonds is 2. The first-order valence-electron chi connectivity index (χ1n) is 10.8. The van der Waals surface area contributed by atoms with Crippen LogP contribution in [-0.4, -0.2) is 28.3 Å². The second-order valence-corrected chi connectivity index (χ2v) is 10.1. The molecule has 3 fully saturated rings. The summed E-state index contributed by atoms with van der Waals surface area (Å²) in [4.78, 5) is 24.7. The van der Waals surface area contributed by atoms with Gasteiger partial charge < -0.3 is 9.94 Å². The number of carbonyl (C=O) groups is 2. The smallest absolute Gasteiger partial charge is 0.303 e. The fourth-order valence-corrected chi connectivity index (χ4v) is 7.71. The van der Waals surface area contributed by atoms with Crippen LogP contribution in [-0.2, 0) is 14.3 Å². The van der Waals surface area contributed by atoms with Crippen LogP contribution in [0.4, 0.5) is 0 Å². The number of oxime groups is 1. The third-order valence-electron chi connectivity index (χ3n) is 9.11. The van der Waals surface area contributed by atoms with Crippen LogP contribution in [0, 0.1) is 28.6 Å². The summed E-state index contributed by atoms with van der Waals surface area (Å²) < 4.78 is 5.83. The monoisotopic (exact) mass is 387 g/mol. The standard InChI is InChI=1S/C23H33NO4/c1-14(25)23(28-15(2)26)12-9-20-18-6-5-16-13-17(24-27)7-10-21(16,3)19(18)8-11-22(20,23)4/h13,18-20,27H,5-12H2,1-4H3/b24-17-/t18-,19-,20-,21+,22-,23+/m1/s1. The molecule has 0 aliphatic heterocycles. The molecule has 4 rings (SSSR count). The molecule has 0 heterocycles. The van der Waals surface area contributed by atoms with E-state index in [2.05, 4.69) is 25.1 Å². The summed E-state index contributed by atoms with van der Waals surface area (Å²) in [5.74, 6) is 1.23. The third kappa shape index (κ3) is 2.47. The molecule has 1 N–H and O–H groups in total. The van der Waals surface area contributed by atoms with Crippen molar-refractivity contribution in [3.63, 3.8) is 0 Å². The summed E-state index contributed by atoms with van der Waals surface area (Å²) in [5.41, 5.74) is 1.18. The fourth-order valence-electron chi connectivity index (χ4n) is 7.71. The zero-order valence-electron chi connectivity index (χ0n) is 17.6. The van der Waals surface area contributed by atoms with E-state index in [0.29, 0.717) is 24.2 Å². The van der Waals surface area contributed by atoms with E-state index in [4.69, 9.17) is 4.74 Å². The summed E-state index contributed by atoms with van der Waals surface area (Å²) in [5, 5.41) is 12.7. The molecule has 0 unspecified atom stereocenters. The molecule has 0 aromatic rings. The Balaban J connectivity index is 1.69. The first kappa shape index (κ1) is 19.7. The number of carbonyl (C=O) groups excluding carboxylic acids is 2. The Morgan fingerprint density at radius 1 is 1.07 bits per heavy atom. The SMILES string of the molecule is CC(=O)O[C@]1(C(C)=O)CC[C@@H]2[C@@H]3CCC4=C/C(=N\O)CC[C@]4(C)[C@@H]3CC[C@]21C. The minimum absolute atomic E-state index is 0.00946. The number of hydrogen-bond donors (Lipinski definition) is 1. The average molecular weight is 388 g/mol. The van der Waals surface area contributed by atoms with Crippen molar-refractivity contribution in [3.05, 3.63) is 11.6 Å². The lowest BCUT2D eigenvalue weighted by atomic mass is 9.46. The third-order valence-corrected chi connectivity index (χ3v) is 9.11. The van der Waals surface area contributed by atoms with E-state index in [1.165, 1.54) is 12.5 Å². The molecule has 0 bridgehead atoms. The van der Waals surface area contributed by atoms with Gasteiger partial charge >= 0.3 is 5.97 Å². The van der Waals surface area contributed by atoms with Gasteiger partial charge in [-0.05, 0) is 87.5 Å². The normalized spacial score (nSPS) is 46.2. The molecule has 4 aliphatic carbocycles. The lowest BCUT2D eigenvalue weighted by Gasteiger charge is -2.59. The van der Waals surface area contributed by atoms with Crippen molar-refractivity contribution >= 4 is 17.5 Å². The van der Waals surface area contributed by atoms with Crippen LogP contribution in [0.25, 0.3) is 0 Å². The Morgan fingerprint density at radius 2 is 1.79 bits per heavy atom. The molecule has 0 aromatic heterocycles. The Hall–Kier alpha value is -1.65. The van der Waals surface area contributed by atoms with Gasteiger partial charge in [-0.1, -0.05) is 24.6 Å². The largest absolute Gasteiger partial charge is 0.451 e. The van der Waals surface area contributed by atoms with Crippen molar-refractivity contribution < 1.29 is 19.5 Å². The van der Waals surface area contributed by atoms with E-state index in [1.807, 2.05) is 0 Å². The van der Waals surface area contributed by atoms with E-state index >= 15 is 0 Å². The second kappa shape index (κ2) is 6.43. The molecule has 0 spiro atoms. The van der Waals surface area contributed by atoms with Gasteiger partial charge in [-0.2, -0.15) is 0 Å². The van der Waals surface area contributed by atoms with Gasteiger partial charge in [0.25, 0.3) is 0 Å². The van der Waals surface area contributed by atoms with Crippen LogP contribution < -0.4 is 0 Å². The van der Waals surface area contributed by atoms with Crippen LogP contribution >= 0.6 is 0 Å². The fraction of sp³-hybridized carbons (Fsp3) is 0.783. The van der Waals surface area contributed by atoms with Gasteiger partial charge in [0.05, 0.1) is 5.71 Å². The van der Waals surface area contributed by atoms with Crippen LogP contribution in [0.5, 0.6) is 0 Å². The first-order valence-corrected chi connectivity index (χ1v) is 10.8. The van der Waals surface area contributed by atoms with Gasteiger partial charge in [0, 0.05) is 12.3 Å². The number of esters is 1. The highest BCUT2D eigenvalue weighted by atomic mass is 16.6. The van der Waals surface area contributed by atoms with Crippen molar-refractivity contribution in [2.24, 2.45) is 33.7 Å². The van der Waals surface area contributed by atoms with Crippen molar-refractivity contribution in [1.29, 1.82) is 0 Å². The van der Waals surface area contributed by atoms with Crippen molar-refractivity contribution in [3.8, 4) is 0 Å². The molecular weight excluding hydrogens is 354 g/mol. The predicted molar refractivity (Wildman–Crippen MR) is 106 cm³/mol. The van der Waals surface area contributed by atoms with E-state index in [9.17, 15) is 14.8 Å². The van der Waals surface area contributed by atoms with Gasteiger partial charge in [0.2, 0.25) is 0 Å². The molecule has 5 heteroatoms. The maximum Gasteiger partial charge on any atom is 0.303 e. The molecule has 3 saturated carbocycles. The highest BCUT2D eigenvalue weighted by Gasteiger charge is 2.67. The number of nitrogens with zero attached hydrogens (tertiary/aromatic N) is 1. The molecule has 28 heavy (non-hydrogen) atoms. The van der Waals surface area contributed by atoms with E-state index < -0.39 is 5.60 Å². The van der Waals surface area contributed by atoms with Crippen LogP contribution in [0.2, 0.25) is 0 Å². The number of ketones is 1. The maximum atomic E-state index is 12.8.